The number of fused-ring (bicyclic) bond motifs is 1. The normalized spacial score (nSPS) is 18.5. The highest BCUT2D eigenvalue weighted by atomic mass is 19.1. The highest BCUT2D eigenvalue weighted by Gasteiger charge is 2.34. The van der Waals surface area contributed by atoms with Crippen molar-refractivity contribution >= 4 is 11.8 Å². The van der Waals surface area contributed by atoms with Crippen LogP contribution in [-0.2, 0) is 0 Å². The number of nitrogens with zero attached hydrogens (tertiary/aromatic N) is 2. The number of amides is 1. The summed E-state index contributed by atoms with van der Waals surface area (Å²) >= 11 is 0. The standard InChI is InChI=1S/C26H23FN2O7/c27-19-3-1-17(2-4-19)23-11-12-28(26(30)36-21-7-5-20(6-8-21)29(31)32)14-18(23)15-33-22-9-10-24-25(13-22)35-16-34-24/h1-10,13,18,23H,11-12,14-16H2/t18-,23-/m0/s1. The first kappa shape index (κ1) is 23.4. The van der Waals surface area contributed by atoms with E-state index in [2.05, 4.69) is 0 Å². The van der Waals surface area contributed by atoms with Gasteiger partial charge in [0, 0.05) is 37.2 Å². The number of ether oxygens (including phenoxy) is 4. The predicted octanol–water partition coefficient (Wildman–Crippen LogP) is 5.15. The Morgan fingerprint density at radius 1 is 1.03 bits per heavy atom. The van der Waals surface area contributed by atoms with E-state index in [1.165, 1.54) is 36.4 Å². The molecule has 0 aromatic heterocycles. The van der Waals surface area contributed by atoms with Gasteiger partial charge in [0.1, 0.15) is 17.3 Å². The molecule has 0 unspecified atom stereocenters. The van der Waals surface area contributed by atoms with Gasteiger partial charge in [0.15, 0.2) is 11.5 Å². The monoisotopic (exact) mass is 494 g/mol. The molecule has 186 valence electrons. The molecule has 0 aliphatic carbocycles. The van der Waals surface area contributed by atoms with E-state index in [0.29, 0.717) is 43.4 Å². The van der Waals surface area contributed by atoms with Gasteiger partial charge in [0.2, 0.25) is 6.79 Å². The van der Waals surface area contributed by atoms with Crippen LogP contribution in [0.5, 0.6) is 23.0 Å². The average molecular weight is 494 g/mol. The maximum atomic E-state index is 13.5. The summed E-state index contributed by atoms with van der Waals surface area (Å²) in [6.45, 7) is 1.27. The summed E-state index contributed by atoms with van der Waals surface area (Å²) in [5.41, 5.74) is 0.884. The first-order chi connectivity index (χ1) is 17.5. The second kappa shape index (κ2) is 10.1. The van der Waals surface area contributed by atoms with Gasteiger partial charge in [-0.1, -0.05) is 12.1 Å². The molecule has 3 aromatic rings. The van der Waals surface area contributed by atoms with Crippen molar-refractivity contribution in [3.05, 3.63) is 88.2 Å². The molecule has 0 bridgehead atoms. The Labute approximate surface area is 206 Å². The third kappa shape index (κ3) is 5.17. The number of piperidine rings is 1. The Bertz CT molecular complexity index is 1250. The Kier molecular flexibility index (Phi) is 6.57. The molecule has 2 atom stereocenters. The van der Waals surface area contributed by atoms with Crippen molar-refractivity contribution < 1.29 is 33.1 Å². The van der Waals surface area contributed by atoms with Crippen LogP contribution in [0.4, 0.5) is 14.9 Å². The number of non-ortho nitro benzene ring substituents is 1. The molecule has 0 saturated carbocycles. The van der Waals surface area contributed by atoms with Gasteiger partial charge in [-0.25, -0.2) is 9.18 Å². The fraction of sp³-hybridized carbons (Fsp3) is 0.269. The van der Waals surface area contributed by atoms with E-state index in [9.17, 15) is 19.3 Å². The van der Waals surface area contributed by atoms with Gasteiger partial charge in [-0.2, -0.15) is 0 Å². The molecule has 2 aliphatic rings. The molecule has 1 saturated heterocycles. The number of carbonyl (C=O) groups is 1. The second-order valence-corrected chi connectivity index (χ2v) is 8.60. The fourth-order valence-corrected chi connectivity index (χ4v) is 4.49. The summed E-state index contributed by atoms with van der Waals surface area (Å²) in [7, 11) is 0. The summed E-state index contributed by atoms with van der Waals surface area (Å²) in [6, 6.07) is 17.1. The molecule has 9 nitrogen and oxygen atoms in total. The minimum Gasteiger partial charge on any atom is -0.493 e. The third-order valence-electron chi connectivity index (χ3n) is 6.35. The molecule has 0 spiro atoms. The zero-order chi connectivity index (χ0) is 25.1. The Hall–Kier alpha value is -4.34. The number of nitro groups is 1. The molecular formula is C26H23FN2O7. The number of hydrogen-bond donors (Lipinski definition) is 0. The lowest BCUT2D eigenvalue weighted by molar-refractivity contribution is -0.384. The average Bonchev–Trinajstić information content (AvgIpc) is 3.36. The molecule has 2 heterocycles. The molecule has 0 radical (unpaired) electrons. The molecule has 2 aliphatic heterocycles. The molecule has 5 rings (SSSR count). The highest BCUT2D eigenvalue weighted by Crippen LogP contribution is 2.37. The molecular weight excluding hydrogens is 471 g/mol. The van der Waals surface area contributed by atoms with Crippen molar-refractivity contribution in [2.45, 2.75) is 12.3 Å². The van der Waals surface area contributed by atoms with E-state index in [0.717, 1.165) is 5.56 Å². The van der Waals surface area contributed by atoms with Crippen molar-refractivity contribution in [1.82, 2.24) is 4.90 Å². The van der Waals surface area contributed by atoms with Crippen LogP contribution in [0.25, 0.3) is 0 Å². The quantitative estimate of drug-likeness (QED) is 0.345. The van der Waals surface area contributed by atoms with E-state index in [1.54, 1.807) is 35.2 Å². The van der Waals surface area contributed by atoms with Crippen molar-refractivity contribution in [3.63, 3.8) is 0 Å². The van der Waals surface area contributed by atoms with Crippen molar-refractivity contribution in [3.8, 4) is 23.0 Å². The van der Waals surface area contributed by atoms with Gasteiger partial charge in [0.25, 0.3) is 5.69 Å². The Balaban J connectivity index is 1.29. The first-order valence-corrected chi connectivity index (χ1v) is 11.5. The van der Waals surface area contributed by atoms with E-state index >= 15 is 0 Å². The lowest BCUT2D eigenvalue weighted by atomic mass is 9.81. The van der Waals surface area contributed by atoms with Crippen molar-refractivity contribution in [2.75, 3.05) is 26.5 Å². The summed E-state index contributed by atoms with van der Waals surface area (Å²) in [5.74, 6) is 1.74. The summed E-state index contributed by atoms with van der Waals surface area (Å²) in [6.07, 6.45) is 0.0883. The first-order valence-electron chi connectivity index (χ1n) is 11.5. The van der Waals surface area contributed by atoms with Gasteiger partial charge >= 0.3 is 6.09 Å². The van der Waals surface area contributed by atoms with Gasteiger partial charge in [-0.05, 0) is 54.3 Å². The number of benzene rings is 3. The van der Waals surface area contributed by atoms with Crippen LogP contribution < -0.4 is 18.9 Å². The second-order valence-electron chi connectivity index (χ2n) is 8.60. The topological polar surface area (TPSA) is 100 Å². The summed E-state index contributed by atoms with van der Waals surface area (Å²) in [4.78, 5) is 24.8. The minimum absolute atomic E-state index is 0.0445. The fourth-order valence-electron chi connectivity index (χ4n) is 4.49. The van der Waals surface area contributed by atoms with E-state index in [4.69, 9.17) is 18.9 Å². The molecule has 3 aromatic carbocycles. The SMILES string of the molecule is O=C(Oc1ccc([N+](=O)[O-])cc1)N1CC[C@@H](c2ccc(F)cc2)[C@H](COc2ccc3c(c2)OCO3)C1. The molecule has 10 heteroatoms. The van der Waals surface area contributed by atoms with E-state index in [-0.39, 0.29) is 35.9 Å². The number of likely N-dealkylation sites (tertiary alicyclic amines) is 1. The Morgan fingerprint density at radius 2 is 1.75 bits per heavy atom. The van der Waals surface area contributed by atoms with Gasteiger partial charge in [0.05, 0.1) is 11.5 Å². The smallest absolute Gasteiger partial charge is 0.415 e. The maximum absolute atomic E-state index is 13.5. The van der Waals surface area contributed by atoms with Crippen LogP contribution in [0.15, 0.2) is 66.7 Å². The van der Waals surface area contributed by atoms with Crippen LogP contribution >= 0.6 is 0 Å². The molecule has 1 fully saturated rings. The number of carbonyl (C=O) groups excluding carboxylic acids is 1. The van der Waals surface area contributed by atoms with Crippen LogP contribution in [0.1, 0.15) is 17.9 Å². The van der Waals surface area contributed by atoms with Crippen LogP contribution in [0.3, 0.4) is 0 Å². The van der Waals surface area contributed by atoms with Gasteiger partial charge < -0.3 is 23.8 Å². The van der Waals surface area contributed by atoms with Crippen LogP contribution in [0.2, 0.25) is 0 Å². The van der Waals surface area contributed by atoms with Crippen molar-refractivity contribution in [2.24, 2.45) is 5.92 Å². The number of hydrogen-bond acceptors (Lipinski definition) is 7. The van der Waals surface area contributed by atoms with Gasteiger partial charge in [-0.3, -0.25) is 10.1 Å². The highest BCUT2D eigenvalue weighted by molar-refractivity contribution is 5.71. The van der Waals surface area contributed by atoms with Crippen molar-refractivity contribution in [1.29, 1.82) is 0 Å². The Morgan fingerprint density at radius 3 is 2.50 bits per heavy atom. The number of nitro benzene ring substituents is 1. The number of halogens is 1. The molecule has 0 N–H and O–H groups in total. The predicted molar refractivity (Wildman–Crippen MR) is 126 cm³/mol. The lowest BCUT2D eigenvalue weighted by Gasteiger charge is -2.38. The zero-order valence-corrected chi connectivity index (χ0v) is 19.2. The van der Waals surface area contributed by atoms with Crippen LogP contribution in [-0.4, -0.2) is 42.4 Å². The maximum Gasteiger partial charge on any atom is 0.415 e. The largest absolute Gasteiger partial charge is 0.493 e. The van der Waals surface area contributed by atoms with E-state index < -0.39 is 11.0 Å². The van der Waals surface area contributed by atoms with Gasteiger partial charge in [-0.15, -0.1) is 0 Å². The van der Waals surface area contributed by atoms with E-state index in [1.807, 2.05) is 0 Å². The minimum atomic E-state index is -0.547. The number of rotatable bonds is 6. The third-order valence-corrected chi connectivity index (χ3v) is 6.35. The zero-order valence-electron chi connectivity index (χ0n) is 19.2. The lowest BCUT2D eigenvalue weighted by Crippen LogP contribution is -2.46. The summed E-state index contributed by atoms with van der Waals surface area (Å²) < 4.78 is 35.8. The van der Waals surface area contributed by atoms with Crippen LogP contribution in [0, 0.1) is 21.8 Å². The molecule has 1 amide bonds. The summed E-state index contributed by atoms with van der Waals surface area (Å²) in [5, 5.41) is 10.8. The molecule has 36 heavy (non-hydrogen) atoms.